The number of rotatable bonds is 5. The summed E-state index contributed by atoms with van der Waals surface area (Å²) in [4.78, 5) is 51.9. The van der Waals surface area contributed by atoms with Gasteiger partial charge in [0.05, 0.1) is 25.0 Å². The number of hydrogen-bond donors (Lipinski definition) is 4. The van der Waals surface area contributed by atoms with Gasteiger partial charge in [-0.2, -0.15) is 11.8 Å². The molecule has 4 N–H and O–H groups in total. The van der Waals surface area contributed by atoms with Crippen LogP contribution in [-0.2, 0) is 23.9 Å². The first-order valence-corrected chi connectivity index (χ1v) is 15.8. The first-order chi connectivity index (χ1) is 16.7. The monoisotopic (exact) mass is 547 g/mol. The standard InChI is InChI=1S/C23H37N3O6S3/c1-4-14(2)21-18(27)12-20(29)32-15-7-5-6-9-34-35-13-17(23(31)26-21)25-22(30)16(8-10-33-3)24-19(28)11-15/h5,7,14-18,21,27H,4,6,8-13H2,1-3H3,(H,24,28)(H,25,30)(H,26,31)/b7-5-/t14-,15-,16-,17-,18+,21-/m1/s1. The lowest BCUT2D eigenvalue weighted by molar-refractivity contribution is -0.151. The van der Waals surface area contributed by atoms with Gasteiger partial charge in [-0.15, -0.1) is 0 Å². The Morgan fingerprint density at radius 1 is 1.14 bits per heavy atom. The number of allylic oxidation sites excluding steroid dienone is 1. The second kappa shape index (κ2) is 15.7. The largest absolute Gasteiger partial charge is 0.457 e. The molecule has 0 aromatic heterocycles. The molecule has 2 bridgehead atoms. The van der Waals surface area contributed by atoms with Crippen molar-refractivity contribution in [3.8, 4) is 0 Å². The molecule has 0 spiro atoms. The average molecular weight is 548 g/mol. The van der Waals surface area contributed by atoms with Gasteiger partial charge in [0, 0.05) is 11.5 Å². The van der Waals surface area contributed by atoms with E-state index in [0.29, 0.717) is 30.8 Å². The molecule has 2 rings (SSSR count). The number of ether oxygens (including phenoxy) is 1. The van der Waals surface area contributed by atoms with Crippen molar-refractivity contribution < 1.29 is 29.0 Å². The van der Waals surface area contributed by atoms with E-state index in [1.165, 1.54) is 10.8 Å². The molecule has 0 aromatic rings. The fourth-order valence-corrected chi connectivity index (χ4v) is 6.36. The van der Waals surface area contributed by atoms with Crippen LogP contribution < -0.4 is 16.0 Å². The summed E-state index contributed by atoms with van der Waals surface area (Å²) in [5.41, 5.74) is 0. The maximum Gasteiger partial charge on any atom is 0.309 e. The van der Waals surface area contributed by atoms with Crippen LogP contribution in [0.15, 0.2) is 12.2 Å². The number of aliphatic hydroxyl groups is 1. The third-order valence-electron chi connectivity index (χ3n) is 5.96. The van der Waals surface area contributed by atoms with Gasteiger partial charge in [-0.25, -0.2) is 0 Å². The van der Waals surface area contributed by atoms with E-state index in [2.05, 4.69) is 16.0 Å². The first kappa shape index (κ1) is 29.9. The number of esters is 1. The third kappa shape index (κ3) is 10.3. The Bertz CT molecular complexity index is 769. The predicted octanol–water partition coefficient (Wildman–Crippen LogP) is 1.65. The van der Waals surface area contributed by atoms with E-state index in [1.54, 1.807) is 28.6 Å². The lowest BCUT2D eigenvalue weighted by Gasteiger charge is -2.31. The Labute approximate surface area is 219 Å². The number of carbonyl (C=O) groups excluding carboxylic acids is 4. The SMILES string of the molecule is CC[C@@H](C)[C@H]1NC(=O)[C@H]2CSSCC/C=C\[C@H](CC(=O)N[C@H](CCSC)C(=O)N2)OC(=O)C[C@@H]1O. The van der Waals surface area contributed by atoms with Crippen LogP contribution in [-0.4, -0.2) is 82.6 Å². The Balaban J connectivity index is 2.46. The smallest absolute Gasteiger partial charge is 0.309 e. The van der Waals surface area contributed by atoms with Crippen molar-refractivity contribution in [3.63, 3.8) is 0 Å². The van der Waals surface area contributed by atoms with Crippen LogP contribution in [0.2, 0.25) is 0 Å². The van der Waals surface area contributed by atoms with Gasteiger partial charge in [0.15, 0.2) is 0 Å². The Kier molecular flexibility index (Phi) is 13.4. The van der Waals surface area contributed by atoms with Gasteiger partial charge in [0.1, 0.15) is 18.2 Å². The van der Waals surface area contributed by atoms with Crippen LogP contribution in [0.3, 0.4) is 0 Å². The Morgan fingerprint density at radius 2 is 1.91 bits per heavy atom. The number of nitrogens with one attached hydrogen (secondary N) is 3. The number of aliphatic hydroxyl groups excluding tert-OH is 1. The fraction of sp³-hybridized carbons (Fsp3) is 0.739. The molecule has 0 saturated carbocycles. The maximum absolute atomic E-state index is 13.3. The molecule has 1 fully saturated rings. The van der Waals surface area contributed by atoms with Crippen molar-refractivity contribution in [2.45, 2.75) is 76.3 Å². The van der Waals surface area contributed by atoms with E-state index in [-0.39, 0.29) is 18.8 Å². The molecule has 0 aromatic carbocycles. The van der Waals surface area contributed by atoms with E-state index in [4.69, 9.17) is 4.74 Å². The van der Waals surface area contributed by atoms with Gasteiger partial charge in [-0.3, -0.25) is 19.2 Å². The number of fused-ring (bicyclic) bond motifs is 7. The zero-order valence-corrected chi connectivity index (χ0v) is 22.9. The number of carbonyl (C=O) groups is 4. The number of amides is 3. The van der Waals surface area contributed by atoms with Crippen molar-refractivity contribution in [2.75, 3.05) is 23.5 Å². The molecule has 6 atom stereocenters. The van der Waals surface area contributed by atoms with Crippen LogP contribution in [0.1, 0.15) is 46.0 Å². The minimum Gasteiger partial charge on any atom is -0.457 e. The highest BCUT2D eigenvalue weighted by Crippen LogP contribution is 2.24. The molecule has 12 heteroatoms. The van der Waals surface area contributed by atoms with E-state index in [0.717, 1.165) is 5.75 Å². The van der Waals surface area contributed by atoms with E-state index in [1.807, 2.05) is 26.2 Å². The summed E-state index contributed by atoms with van der Waals surface area (Å²) in [6.45, 7) is 3.82. The minimum atomic E-state index is -1.18. The minimum absolute atomic E-state index is 0.122. The summed E-state index contributed by atoms with van der Waals surface area (Å²) in [6.07, 6.45) is 4.75. The molecule has 198 valence electrons. The highest BCUT2D eigenvalue weighted by Gasteiger charge is 2.34. The lowest BCUT2D eigenvalue weighted by atomic mass is 9.92. The summed E-state index contributed by atoms with van der Waals surface area (Å²) >= 11 is 1.55. The van der Waals surface area contributed by atoms with Crippen molar-refractivity contribution in [1.29, 1.82) is 0 Å². The molecule has 35 heavy (non-hydrogen) atoms. The molecule has 9 nitrogen and oxygen atoms in total. The van der Waals surface area contributed by atoms with E-state index < -0.39 is 54.0 Å². The predicted molar refractivity (Wildman–Crippen MR) is 142 cm³/mol. The molecule has 2 heterocycles. The van der Waals surface area contributed by atoms with Gasteiger partial charge in [0.25, 0.3) is 0 Å². The number of hydrogen-bond acceptors (Lipinski definition) is 9. The highest BCUT2D eigenvalue weighted by atomic mass is 33.1. The van der Waals surface area contributed by atoms with E-state index >= 15 is 0 Å². The van der Waals surface area contributed by atoms with Gasteiger partial charge in [-0.1, -0.05) is 47.9 Å². The lowest BCUT2D eigenvalue weighted by Crippen LogP contribution is -2.58. The molecular formula is C23H37N3O6S3. The molecule has 0 aliphatic carbocycles. The first-order valence-electron chi connectivity index (χ1n) is 11.9. The quantitative estimate of drug-likeness (QED) is 0.230. The Hall–Kier alpha value is -1.37. The van der Waals surface area contributed by atoms with Crippen LogP contribution in [0.5, 0.6) is 0 Å². The normalized spacial score (nSPS) is 31.5. The zero-order valence-electron chi connectivity index (χ0n) is 20.5. The van der Waals surface area contributed by atoms with Gasteiger partial charge >= 0.3 is 5.97 Å². The molecule has 2 aliphatic rings. The molecule has 1 saturated heterocycles. The Morgan fingerprint density at radius 3 is 2.63 bits per heavy atom. The molecule has 3 amide bonds. The van der Waals surface area contributed by atoms with Gasteiger partial charge in [0.2, 0.25) is 17.7 Å². The second-order valence-electron chi connectivity index (χ2n) is 8.71. The van der Waals surface area contributed by atoms with Crippen molar-refractivity contribution in [1.82, 2.24) is 16.0 Å². The fourth-order valence-electron chi connectivity index (χ4n) is 3.74. The number of thioether (sulfide) groups is 1. The maximum atomic E-state index is 13.3. The summed E-state index contributed by atoms with van der Waals surface area (Å²) in [5.74, 6) is -0.362. The van der Waals surface area contributed by atoms with Crippen LogP contribution >= 0.6 is 33.3 Å². The molecular weight excluding hydrogens is 510 g/mol. The zero-order chi connectivity index (χ0) is 25.8. The van der Waals surface area contributed by atoms with Crippen LogP contribution in [0.25, 0.3) is 0 Å². The van der Waals surface area contributed by atoms with Crippen LogP contribution in [0.4, 0.5) is 0 Å². The van der Waals surface area contributed by atoms with Gasteiger partial charge < -0.3 is 25.8 Å². The topological polar surface area (TPSA) is 134 Å². The van der Waals surface area contributed by atoms with Crippen molar-refractivity contribution in [3.05, 3.63) is 12.2 Å². The highest BCUT2D eigenvalue weighted by molar-refractivity contribution is 8.76. The summed E-state index contributed by atoms with van der Waals surface area (Å²) in [5, 5.41) is 19.3. The van der Waals surface area contributed by atoms with E-state index in [9.17, 15) is 24.3 Å². The summed E-state index contributed by atoms with van der Waals surface area (Å²) < 4.78 is 5.54. The summed E-state index contributed by atoms with van der Waals surface area (Å²) in [6, 6.07) is -2.39. The van der Waals surface area contributed by atoms with Gasteiger partial charge in [-0.05, 0) is 36.8 Å². The van der Waals surface area contributed by atoms with Crippen molar-refractivity contribution in [2.24, 2.45) is 5.92 Å². The second-order valence-corrected chi connectivity index (χ2v) is 12.3. The third-order valence-corrected chi connectivity index (χ3v) is 9.05. The van der Waals surface area contributed by atoms with Crippen LogP contribution in [0, 0.1) is 5.92 Å². The molecule has 2 aliphatic heterocycles. The molecule has 0 radical (unpaired) electrons. The van der Waals surface area contributed by atoms with Crippen molar-refractivity contribution >= 4 is 57.0 Å². The summed E-state index contributed by atoms with van der Waals surface area (Å²) in [7, 11) is 3.05. The average Bonchev–Trinajstić information content (AvgIpc) is 2.81. The molecule has 0 unspecified atom stereocenters.